The third kappa shape index (κ3) is 5.12. The lowest BCUT2D eigenvalue weighted by Crippen LogP contribution is -2.38. The average molecular weight is 263 g/mol. The fourth-order valence-electron chi connectivity index (χ4n) is 1.70. The summed E-state index contributed by atoms with van der Waals surface area (Å²) in [4.78, 5) is 22.1. The third-order valence-electron chi connectivity index (χ3n) is 3.04. The van der Waals surface area contributed by atoms with Crippen LogP contribution >= 0.6 is 0 Å². The van der Waals surface area contributed by atoms with E-state index in [-0.39, 0.29) is 5.91 Å². The largest absolute Gasteiger partial charge is 0.480 e. The molecule has 0 bridgehead atoms. The third-order valence-corrected chi connectivity index (χ3v) is 3.04. The van der Waals surface area contributed by atoms with E-state index < -0.39 is 12.0 Å². The van der Waals surface area contributed by atoms with E-state index in [1.165, 1.54) is 12.5 Å². The molecule has 0 radical (unpaired) electrons. The molecule has 0 aromatic heterocycles. The summed E-state index contributed by atoms with van der Waals surface area (Å²) < 4.78 is 0. The highest BCUT2D eigenvalue weighted by atomic mass is 16.4. The van der Waals surface area contributed by atoms with Gasteiger partial charge in [-0.25, -0.2) is 0 Å². The molecule has 0 fully saturated rings. The lowest BCUT2D eigenvalue weighted by Gasteiger charge is -2.10. The quantitative estimate of drug-likeness (QED) is 0.827. The van der Waals surface area contributed by atoms with Crippen molar-refractivity contribution in [2.45, 2.75) is 45.6 Å². The molecule has 4 nitrogen and oxygen atoms in total. The summed E-state index contributed by atoms with van der Waals surface area (Å²) in [6.45, 7) is 5.73. The lowest BCUT2D eigenvalue weighted by atomic mass is 10.0. The van der Waals surface area contributed by atoms with Crippen LogP contribution in [0.5, 0.6) is 0 Å². The fraction of sp³-hybridized carbons (Fsp3) is 0.467. The second kappa shape index (κ2) is 6.92. The smallest absolute Gasteiger partial charge is 0.325 e. The van der Waals surface area contributed by atoms with Crippen molar-refractivity contribution >= 4 is 11.9 Å². The standard InChI is InChI=1S/C15H21NO3/c1-10(2)13-7-4-12(5-8-13)6-9-14(17)16-11(3)15(18)19/h4-5,7-8,10-11H,6,9H2,1-3H3,(H,16,17)(H,18,19)/t11-/m0/s1. The van der Waals surface area contributed by atoms with E-state index in [4.69, 9.17) is 5.11 Å². The normalized spacial score (nSPS) is 12.2. The summed E-state index contributed by atoms with van der Waals surface area (Å²) in [5.41, 5.74) is 2.36. The zero-order chi connectivity index (χ0) is 14.4. The molecule has 0 aliphatic carbocycles. The molecule has 1 aromatic carbocycles. The minimum Gasteiger partial charge on any atom is -0.480 e. The van der Waals surface area contributed by atoms with Gasteiger partial charge in [0.25, 0.3) is 0 Å². The number of carbonyl (C=O) groups excluding carboxylic acids is 1. The molecule has 1 aromatic rings. The van der Waals surface area contributed by atoms with E-state index in [0.717, 1.165) is 5.56 Å². The summed E-state index contributed by atoms with van der Waals surface area (Å²) in [5, 5.41) is 11.1. The van der Waals surface area contributed by atoms with Crippen LogP contribution in [0.25, 0.3) is 0 Å². The second-order valence-corrected chi connectivity index (χ2v) is 5.02. The van der Waals surface area contributed by atoms with Gasteiger partial charge in [0.15, 0.2) is 0 Å². The van der Waals surface area contributed by atoms with Crippen LogP contribution in [0.1, 0.15) is 44.2 Å². The Kier molecular flexibility index (Phi) is 5.55. The fourth-order valence-corrected chi connectivity index (χ4v) is 1.70. The Morgan fingerprint density at radius 2 is 1.74 bits per heavy atom. The number of nitrogens with one attached hydrogen (secondary N) is 1. The van der Waals surface area contributed by atoms with Crippen LogP contribution in [-0.4, -0.2) is 23.0 Å². The predicted octanol–water partition coefficient (Wildman–Crippen LogP) is 2.33. The number of aryl methyl sites for hydroxylation is 1. The highest BCUT2D eigenvalue weighted by Gasteiger charge is 2.13. The molecule has 2 N–H and O–H groups in total. The van der Waals surface area contributed by atoms with Gasteiger partial charge in [0.1, 0.15) is 6.04 Å². The van der Waals surface area contributed by atoms with Crippen LogP contribution in [0.3, 0.4) is 0 Å². The Morgan fingerprint density at radius 1 is 1.16 bits per heavy atom. The topological polar surface area (TPSA) is 66.4 Å². The number of hydrogen-bond donors (Lipinski definition) is 2. The summed E-state index contributed by atoms with van der Waals surface area (Å²) in [6.07, 6.45) is 0.926. The van der Waals surface area contributed by atoms with Crippen molar-refractivity contribution in [1.82, 2.24) is 5.32 Å². The summed E-state index contributed by atoms with van der Waals surface area (Å²) in [6, 6.07) is 7.33. The first-order valence-corrected chi connectivity index (χ1v) is 6.51. The Morgan fingerprint density at radius 3 is 2.21 bits per heavy atom. The van der Waals surface area contributed by atoms with Crippen LogP contribution in [0, 0.1) is 0 Å². The second-order valence-electron chi connectivity index (χ2n) is 5.02. The van der Waals surface area contributed by atoms with Gasteiger partial charge in [-0.3, -0.25) is 9.59 Å². The number of rotatable bonds is 6. The minimum absolute atomic E-state index is 0.233. The van der Waals surface area contributed by atoms with Crippen molar-refractivity contribution in [1.29, 1.82) is 0 Å². The maximum absolute atomic E-state index is 11.5. The van der Waals surface area contributed by atoms with Crippen molar-refractivity contribution in [3.63, 3.8) is 0 Å². The first kappa shape index (κ1) is 15.2. The highest BCUT2D eigenvalue weighted by Crippen LogP contribution is 2.15. The summed E-state index contributed by atoms with van der Waals surface area (Å²) >= 11 is 0. The molecule has 104 valence electrons. The Labute approximate surface area is 113 Å². The molecule has 0 saturated heterocycles. The van der Waals surface area contributed by atoms with E-state index in [9.17, 15) is 9.59 Å². The van der Waals surface area contributed by atoms with Crippen molar-refractivity contribution in [2.24, 2.45) is 0 Å². The molecular weight excluding hydrogens is 242 g/mol. The Hall–Kier alpha value is -1.84. The van der Waals surface area contributed by atoms with E-state index >= 15 is 0 Å². The average Bonchev–Trinajstić information content (AvgIpc) is 2.36. The molecule has 1 atom stereocenters. The zero-order valence-electron chi connectivity index (χ0n) is 11.6. The zero-order valence-corrected chi connectivity index (χ0v) is 11.6. The van der Waals surface area contributed by atoms with Crippen molar-refractivity contribution < 1.29 is 14.7 Å². The van der Waals surface area contributed by atoms with Gasteiger partial charge < -0.3 is 10.4 Å². The van der Waals surface area contributed by atoms with Gasteiger partial charge in [-0.05, 0) is 30.4 Å². The van der Waals surface area contributed by atoms with Crippen LogP contribution in [0.2, 0.25) is 0 Å². The Bertz CT molecular complexity index is 437. The van der Waals surface area contributed by atoms with Gasteiger partial charge in [-0.1, -0.05) is 38.1 Å². The molecule has 1 rings (SSSR count). The van der Waals surface area contributed by atoms with Gasteiger partial charge in [0.2, 0.25) is 5.91 Å². The van der Waals surface area contributed by atoms with E-state index in [2.05, 4.69) is 31.3 Å². The molecule has 0 saturated carbocycles. The maximum Gasteiger partial charge on any atom is 0.325 e. The van der Waals surface area contributed by atoms with Gasteiger partial charge in [0, 0.05) is 6.42 Å². The Balaban J connectivity index is 2.44. The van der Waals surface area contributed by atoms with Crippen LogP contribution < -0.4 is 5.32 Å². The molecule has 19 heavy (non-hydrogen) atoms. The molecule has 0 aliphatic heterocycles. The van der Waals surface area contributed by atoms with E-state index in [1.54, 1.807) is 0 Å². The van der Waals surface area contributed by atoms with Crippen molar-refractivity contribution in [2.75, 3.05) is 0 Å². The first-order valence-electron chi connectivity index (χ1n) is 6.51. The van der Waals surface area contributed by atoms with Crippen molar-refractivity contribution in [3.05, 3.63) is 35.4 Å². The number of benzene rings is 1. The first-order chi connectivity index (χ1) is 8.90. The van der Waals surface area contributed by atoms with Gasteiger partial charge in [-0.2, -0.15) is 0 Å². The number of aliphatic carboxylic acids is 1. The number of hydrogen-bond acceptors (Lipinski definition) is 2. The number of carbonyl (C=O) groups is 2. The van der Waals surface area contributed by atoms with Gasteiger partial charge >= 0.3 is 5.97 Å². The molecular formula is C15H21NO3. The van der Waals surface area contributed by atoms with Crippen LogP contribution in [-0.2, 0) is 16.0 Å². The van der Waals surface area contributed by atoms with Gasteiger partial charge in [0.05, 0.1) is 0 Å². The molecule has 0 spiro atoms. The number of carboxylic acids is 1. The number of amides is 1. The van der Waals surface area contributed by atoms with Crippen LogP contribution in [0.4, 0.5) is 0 Å². The van der Waals surface area contributed by atoms with Crippen LogP contribution in [0.15, 0.2) is 24.3 Å². The highest BCUT2D eigenvalue weighted by molar-refractivity contribution is 5.83. The summed E-state index contributed by atoms with van der Waals surface area (Å²) in [7, 11) is 0. The van der Waals surface area contributed by atoms with Gasteiger partial charge in [-0.15, -0.1) is 0 Å². The lowest BCUT2D eigenvalue weighted by molar-refractivity contribution is -0.141. The number of carboxylic acid groups (broad SMARTS) is 1. The summed E-state index contributed by atoms with van der Waals surface area (Å²) in [5.74, 6) is -0.758. The molecule has 0 unspecified atom stereocenters. The minimum atomic E-state index is -1.02. The monoisotopic (exact) mass is 263 g/mol. The molecule has 0 aliphatic rings. The van der Waals surface area contributed by atoms with E-state index in [1.807, 2.05) is 12.1 Å². The SMILES string of the molecule is CC(C)c1ccc(CCC(=O)N[C@@H](C)C(=O)O)cc1. The van der Waals surface area contributed by atoms with Crippen molar-refractivity contribution in [3.8, 4) is 0 Å². The van der Waals surface area contributed by atoms with E-state index in [0.29, 0.717) is 18.8 Å². The maximum atomic E-state index is 11.5. The predicted molar refractivity (Wildman–Crippen MR) is 74.1 cm³/mol. The molecule has 0 heterocycles. The molecule has 1 amide bonds. The molecule has 4 heteroatoms.